The van der Waals surface area contributed by atoms with Gasteiger partial charge in [-0.3, -0.25) is 16.7 Å². The molecule has 0 aromatic heterocycles. The zero-order valence-corrected chi connectivity index (χ0v) is 31.7. The molecule has 0 spiro atoms. The number of aliphatic hydroxyl groups is 2. The largest absolute Gasteiger partial charge is 0.387 e. The maximum absolute atomic E-state index is 13.3. The average molecular weight is 799 g/mol. The summed E-state index contributed by atoms with van der Waals surface area (Å²) in [6.45, 7) is 4.36. The standard InChI is InChI=1S/C34H38O14S4/c1-23-5-13-27(14-6-23)49(37,38)45-21-31(47-51(41,42)29-17-9-25(3)10-18-29)33(35)34(36)32(48-52(43,44)30-19-11-26(4)12-20-30)22-46-50(39,40)28-15-7-24(2)8-16-28/h5-20,31-36H,21-22H2,1-4H3/t31-,32-,33-,34+/m0/s1. The first-order chi connectivity index (χ1) is 24.2. The minimum atomic E-state index is -4.81. The lowest BCUT2D eigenvalue weighted by atomic mass is 10.0. The van der Waals surface area contributed by atoms with Crippen LogP contribution in [0.4, 0.5) is 0 Å². The lowest BCUT2D eigenvalue weighted by Gasteiger charge is -2.30. The summed E-state index contributed by atoms with van der Waals surface area (Å²) in [5, 5.41) is 22.8. The van der Waals surface area contributed by atoms with Crippen LogP contribution in [-0.2, 0) is 57.2 Å². The molecule has 0 bridgehead atoms. The minimum absolute atomic E-state index is 0.326. The molecule has 0 saturated heterocycles. The highest BCUT2D eigenvalue weighted by atomic mass is 32.2. The number of benzene rings is 4. The van der Waals surface area contributed by atoms with Crippen LogP contribution in [0.5, 0.6) is 0 Å². The van der Waals surface area contributed by atoms with Gasteiger partial charge in [0.1, 0.15) is 24.4 Å². The Bertz CT molecular complexity index is 2090. The van der Waals surface area contributed by atoms with Crippen LogP contribution in [0.2, 0.25) is 0 Å². The van der Waals surface area contributed by atoms with E-state index in [-0.39, 0.29) is 9.79 Å². The van der Waals surface area contributed by atoms with Gasteiger partial charge in [0, 0.05) is 0 Å². The van der Waals surface area contributed by atoms with Gasteiger partial charge in [0.05, 0.1) is 32.8 Å². The number of hydrogen-bond acceptors (Lipinski definition) is 14. The normalized spacial score (nSPS) is 15.1. The van der Waals surface area contributed by atoms with E-state index < -0.39 is 87.9 Å². The van der Waals surface area contributed by atoms with Crippen molar-refractivity contribution in [3.8, 4) is 0 Å². The Labute approximate surface area is 304 Å². The molecule has 4 atom stereocenters. The highest BCUT2D eigenvalue weighted by molar-refractivity contribution is 7.87. The third kappa shape index (κ3) is 10.8. The molecule has 4 aromatic rings. The van der Waals surface area contributed by atoms with Crippen LogP contribution in [0, 0.1) is 27.7 Å². The third-order valence-electron chi connectivity index (χ3n) is 7.63. The summed E-state index contributed by atoms with van der Waals surface area (Å²) >= 11 is 0. The fraction of sp³-hybridized carbons (Fsp3) is 0.294. The van der Waals surface area contributed by atoms with Crippen molar-refractivity contribution in [2.75, 3.05) is 13.2 Å². The van der Waals surface area contributed by atoms with Gasteiger partial charge in [-0.15, -0.1) is 0 Å². The molecule has 4 aromatic carbocycles. The van der Waals surface area contributed by atoms with Gasteiger partial charge in [-0.25, -0.2) is 0 Å². The van der Waals surface area contributed by atoms with Crippen LogP contribution in [0.3, 0.4) is 0 Å². The Hall–Kier alpha value is -3.56. The van der Waals surface area contributed by atoms with Crippen LogP contribution in [0.1, 0.15) is 22.3 Å². The molecule has 0 saturated carbocycles. The van der Waals surface area contributed by atoms with Gasteiger partial charge in [0.2, 0.25) is 0 Å². The fourth-order valence-corrected chi connectivity index (χ4v) is 8.50. The molecule has 0 aliphatic rings. The van der Waals surface area contributed by atoms with E-state index >= 15 is 0 Å². The molecule has 14 nitrogen and oxygen atoms in total. The molecular formula is C34H38O14S4. The molecule has 18 heteroatoms. The third-order valence-corrected chi connectivity index (χ3v) is 12.9. The van der Waals surface area contributed by atoms with E-state index in [2.05, 4.69) is 0 Å². The maximum Gasteiger partial charge on any atom is 0.297 e. The molecule has 2 N–H and O–H groups in total. The SMILES string of the molecule is Cc1ccc(S(=O)(=O)OC[C@H](OS(=O)(=O)c2ccc(C)cc2)[C@H](O)[C@H](O)[C@H](COS(=O)(=O)c2ccc(C)cc2)OS(=O)(=O)c2ccc(C)cc2)cc1. The molecule has 4 rings (SSSR count). The Balaban J connectivity index is 1.70. The summed E-state index contributed by atoms with van der Waals surface area (Å²) in [5.41, 5.74) is 2.82. The Morgan fingerprint density at radius 2 is 0.615 bits per heavy atom. The quantitative estimate of drug-likeness (QED) is 0.147. The van der Waals surface area contributed by atoms with Gasteiger partial charge in [-0.2, -0.15) is 33.7 Å². The summed E-state index contributed by atoms with van der Waals surface area (Å²) in [4.78, 5) is -1.47. The second-order valence-electron chi connectivity index (χ2n) is 11.9. The lowest BCUT2D eigenvalue weighted by molar-refractivity contribution is -0.103. The van der Waals surface area contributed by atoms with E-state index in [0.717, 1.165) is 11.1 Å². The van der Waals surface area contributed by atoms with Crippen molar-refractivity contribution in [3.63, 3.8) is 0 Å². The van der Waals surface area contributed by atoms with Crippen LogP contribution < -0.4 is 0 Å². The minimum Gasteiger partial charge on any atom is -0.387 e. The number of aliphatic hydroxyl groups excluding tert-OH is 2. The summed E-state index contributed by atoms with van der Waals surface area (Å²) in [6, 6.07) is 21.3. The van der Waals surface area contributed by atoms with Gasteiger partial charge >= 0.3 is 0 Å². The number of hydrogen-bond donors (Lipinski definition) is 2. The molecule has 0 fully saturated rings. The first-order valence-corrected chi connectivity index (χ1v) is 21.1. The Morgan fingerprint density at radius 1 is 0.404 bits per heavy atom. The van der Waals surface area contributed by atoms with Crippen LogP contribution in [0.25, 0.3) is 0 Å². The predicted molar refractivity (Wildman–Crippen MR) is 187 cm³/mol. The summed E-state index contributed by atoms with van der Waals surface area (Å²) < 4.78 is 126. The van der Waals surface area contributed by atoms with Crippen molar-refractivity contribution in [2.45, 2.75) is 71.7 Å². The molecule has 0 amide bonds. The van der Waals surface area contributed by atoms with Gasteiger partial charge in [0.15, 0.2) is 0 Å². The van der Waals surface area contributed by atoms with Crippen molar-refractivity contribution in [1.82, 2.24) is 0 Å². The molecule has 52 heavy (non-hydrogen) atoms. The monoisotopic (exact) mass is 798 g/mol. The van der Waals surface area contributed by atoms with Crippen LogP contribution >= 0.6 is 0 Å². The topological polar surface area (TPSA) is 214 Å². The van der Waals surface area contributed by atoms with Gasteiger partial charge in [-0.05, 0) is 76.2 Å². The molecule has 0 unspecified atom stereocenters. The maximum atomic E-state index is 13.3. The van der Waals surface area contributed by atoms with E-state index in [4.69, 9.17) is 16.7 Å². The van der Waals surface area contributed by atoms with E-state index in [1.54, 1.807) is 27.7 Å². The highest BCUT2D eigenvalue weighted by Crippen LogP contribution is 2.25. The predicted octanol–water partition coefficient (Wildman–Crippen LogP) is 3.30. The second kappa shape index (κ2) is 16.6. The molecule has 0 aliphatic carbocycles. The van der Waals surface area contributed by atoms with E-state index in [0.29, 0.717) is 11.1 Å². The lowest BCUT2D eigenvalue weighted by Crippen LogP contribution is -2.51. The van der Waals surface area contributed by atoms with Gasteiger partial charge < -0.3 is 10.2 Å². The summed E-state index contributed by atoms with van der Waals surface area (Å²) in [5.74, 6) is 0. The van der Waals surface area contributed by atoms with Crippen LogP contribution in [-0.4, -0.2) is 81.5 Å². The van der Waals surface area contributed by atoms with Crippen LogP contribution in [0.15, 0.2) is 117 Å². The Morgan fingerprint density at radius 3 is 0.846 bits per heavy atom. The fourth-order valence-electron chi connectivity index (χ4n) is 4.51. The van der Waals surface area contributed by atoms with Gasteiger partial charge in [0.25, 0.3) is 40.5 Å². The second-order valence-corrected chi connectivity index (χ2v) is 18.3. The van der Waals surface area contributed by atoms with E-state index in [9.17, 15) is 43.9 Å². The highest BCUT2D eigenvalue weighted by Gasteiger charge is 2.41. The first kappa shape index (κ1) is 41.2. The molecule has 0 aliphatic heterocycles. The van der Waals surface area contributed by atoms with Crippen molar-refractivity contribution in [3.05, 3.63) is 119 Å². The van der Waals surface area contributed by atoms with E-state index in [1.165, 1.54) is 97.1 Å². The van der Waals surface area contributed by atoms with Gasteiger partial charge in [-0.1, -0.05) is 70.8 Å². The molecule has 0 radical (unpaired) electrons. The number of rotatable bonds is 17. The summed E-state index contributed by atoms with van der Waals surface area (Å²) in [7, 11) is -18.8. The zero-order valence-electron chi connectivity index (χ0n) is 28.4. The summed E-state index contributed by atoms with van der Waals surface area (Å²) in [6.07, 6.45) is -9.50. The molecule has 0 heterocycles. The number of aryl methyl sites for hydroxylation is 4. The van der Waals surface area contributed by atoms with Crippen molar-refractivity contribution in [1.29, 1.82) is 0 Å². The first-order valence-electron chi connectivity index (χ1n) is 15.5. The smallest absolute Gasteiger partial charge is 0.297 e. The molecular weight excluding hydrogens is 761 g/mol. The Kier molecular flexibility index (Phi) is 13.2. The molecule has 282 valence electrons. The van der Waals surface area contributed by atoms with Crippen molar-refractivity contribution < 1.29 is 60.6 Å². The van der Waals surface area contributed by atoms with E-state index in [1.807, 2.05) is 0 Å². The van der Waals surface area contributed by atoms with Crippen molar-refractivity contribution in [2.24, 2.45) is 0 Å². The zero-order chi connectivity index (χ0) is 38.5. The van der Waals surface area contributed by atoms with Crippen molar-refractivity contribution >= 4 is 40.5 Å². The average Bonchev–Trinajstić information content (AvgIpc) is 3.08.